The zero-order chi connectivity index (χ0) is 13.0. The summed E-state index contributed by atoms with van der Waals surface area (Å²) in [6.45, 7) is 4.68. The van der Waals surface area contributed by atoms with E-state index in [4.69, 9.17) is 9.15 Å². The van der Waals surface area contributed by atoms with E-state index in [0.29, 0.717) is 6.54 Å². The molecular weight excluding hydrogens is 294 g/mol. The van der Waals surface area contributed by atoms with E-state index >= 15 is 0 Å². The summed E-state index contributed by atoms with van der Waals surface area (Å²) in [7, 11) is 0. The molecule has 0 bridgehead atoms. The zero-order valence-electron chi connectivity index (χ0n) is 10.4. The van der Waals surface area contributed by atoms with Crippen LogP contribution in [0.2, 0.25) is 0 Å². The van der Waals surface area contributed by atoms with Crippen LogP contribution < -0.4 is 10.1 Å². The molecule has 0 aliphatic rings. The molecule has 1 heterocycles. The first-order valence-electron chi connectivity index (χ1n) is 5.87. The Morgan fingerprint density at radius 1 is 1.22 bits per heavy atom. The van der Waals surface area contributed by atoms with Crippen LogP contribution in [0.5, 0.6) is 5.75 Å². The van der Waals surface area contributed by atoms with Crippen LogP contribution >= 0.6 is 15.9 Å². The van der Waals surface area contributed by atoms with Gasteiger partial charge in [0.1, 0.15) is 11.5 Å². The van der Waals surface area contributed by atoms with Gasteiger partial charge in [-0.25, -0.2) is 0 Å². The second-order valence-corrected chi connectivity index (χ2v) is 5.09. The van der Waals surface area contributed by atoms with Crippen molar-refractivity contribution in [2.75, 3.05) is 5.32 Å². The summed E-state index contributed by atoms with van der Waals surface area (Å²) in [5.74, 6) is 1.77. The number of hydrogen-bond acceptors (Lipinski definition) is 3. The Morgan fingerprint density at radius 2 is 1.94 bits per heavy atom. The molecule has 1 N–H and O–H groups in total. The molecule has 1 aromatic heterocycles. The maximum Gasteiger partial charge on any atom is 0.136 e. The topological polar surface area (TPSA) is 34.4 Å². The maximum absolute atomic E-state index is 5.58. The van der Waals surface area contributed by atoms with Crippen LogP contribution in [0.3, 0.4) is 0 Å². The second-order valence-electron chi connectivity index (χ2n) is 4.24. The molecule has 0 fully saturated rings. The second kappa shape index (κ2) is 5.96. The maximum atomic E-state index is 5.58. The summed E-state index contributed by atoms with van der Waals surface area (Å²) >= 11 is 3.42. The minimum atomic E-state index is 0.197. The summed E-state index contributed by atoms with van der Waals surface area (Å²) in [6.07, 6.45) is 1.86. The van der Waals surface area contributed by atoms with Gasteiger partial charge in [0.25, 0.3) is 0 Å². The van der Waals surface area contributed by atoms with Gasteiger partial charge in [-0.05, 0) is 60.1 Å². The summed E-state index contributed by atoms with van der Waals surface area (Å²) in [4.78, 5) is 0. The van der Waals surface area contributed by atoms with Crippen LogP contribution in [-0.2, 0) is 6.54 Å². The molecule has 0 saturated heterocycles. The van der Waals surface area contributed by atoms with Crippen molar-refractivity contribution < 1.29 is 9.15 Å². The monoisotopic (exact) mass is 309 g/mol. The van der Waals surface area contributed by atoms with Crippen LogP contribution in [0, 0.1) is 0 Å². The number of ether oxygens (including phenoxy) is 1. The van der Waals surface area contributed by atoms with Crippen molar-refractivity contribution in [3.8, 4) is 5.75 Å². The molecule has 0 amide bonds. The van der Waals surface area contributed by atoms with Crippen molar-refractivity contribution in [3.63, 3.8) is 0 Å². The number of benzene rings is 1. The van der Waals surface area contributed by atoms with E-state index in [-0.39, 0.29) is 6.10 Å². The first kappa shape index (κ1) is 13.0. The van der Waals surface area contributed by atoms with E-state index in [2.05, 4.69) is 21.2 Å². The normalized spacial score (nSPS) is 10.7. The fourth-order valence-corrected chi connectivity index (χ4v) is 1.90. The molecule has 0 spiro atoms. The molecule has 2 rings (SSSR count). The highest BCUT2D eigenvalue weighted by molar-refractivity contribution is 9.10. The van der Waals surface area contributed by atoms with Crippen molar-refractivity contribution in [1.29, 1.82) is 0 Å². The number of rotatable bonds is 5. The molecule has 0 aliphatic carbocycles. The molecule has 0 saturated carbocycles. The van der Waals surface area contributed by atoms with E-state index in [1.54, 1.807) is 6.26 Å². The van der Waals surface area contributed by atoms with Crippen LogP contribution in [0.25, 0.3) is 0 Å². The highest BCUT2D eigenvalue weighted by atomic mass is 79.9. The molecule has 0 aliphatic heterocycles. The molecule has 4 heteroatoms. The van der Waals surface area contributed by atoms with E-state index in [1.165, 1.54) is 0 Å². The Hall–Kier alpha value is -1.42. The Morgan fingerprint density at radius 3 is 2.50 bits per heavy atom. The van der Waals surface area contributed by atoms with Gasteiger partial charge >= 0.3 is 0 Å². The molecular formula is C14H16BrNO2. The smallest absolute Gasteiger partial charge is 0.136 e. The van der Waals surface area contributed by atoms with Crippen molar-refractivity contribution in [3.05, 3.63) is 46.8 Å². The van der Waals surface area contributed by atoms with Crippen LogP contribution in [-0.4, -0.2) is 6.10 Å². The van der Waals surface area contributed by atoms with E-state index < -0.39 is 0 Å². The third kappa shape index (κ3) is 3.53. The lowest BCUT2D eigenvalue weighted by molar-refractivity contribution is 0.242. The number of furan rings is 1. The summed E-state index contributed by atoms with van der Waals surface area (Å²) in [5, 5.41) is 3.29. The van der Waals surface area contributed by atoms with Gasteiger partial charge in [-0.3, -0.25) is 0 Å². The fourth-order valence-electron chi connectivity index (χ4n) is 1.56. The Kier molecular flexibility index (Phi) is 4.31. The minimum absolute atomic E-state index is 0.197. The van der Waals surface area contributed by atoms with Crippen LogP contribution in [0.4, 0.5) is 5.69 Å². The SMILES string of the molecule is CC(C)Oc1ccc(NCc2occc2Br)cc1. The molecule has 18 heavy (non-hydrogen) atoms. The standard InChI is InChI=1S/C14H16BrNO2/c1-10(2)18-12-5-3-11(4-6-12)16-9-14-13(15)7-8-17-14/h3-8,10,16H,9H2,1-2H3. The fraction of sp³-hybridized carbons (Fsp3) is 0.286. The molecule has 2 aromatic rings. The highest BCUT2D eigenvalue weighted by Gasteiger charge is 2.03. The number of anilines is 1. The third-order valence-electron chi connectivity index (χ3n) is 2.37. The van der Waals surface area contributed by atoms with Crippen LogP contribution in [0.1, 0.15) is 19.6 Å². The summed E-state index contributed by atoms with van der Waals surface area (Å²) in [5.41, 5.74) is 1.04. The number of nitrogens with one attached hydrogen (secondary N) is 1. The van der Waals surface area contributed by atoms with Crippen molar-refractivity contribution >= 4 is 21.6 Å². The average molecular weight is 310 g/mol. The number of hydrogen-bond donors (Lipinski definition) is 1. The van der Waals surface area contributed by atoms with E-state index in [9.17, 15) is 0 Å². The van der Waals surface area contributed by atoms with Gasteiger partial charge in [0.2, 0.25) is 0 Å². The van der Waals surface area contributed by atoms with Gasteiger partial charge in [0.15, 0.2) is 0 Å². The Bertz CT molecular complexity index is 491. The van der Waals surface area contributed by atoms with Crippen molar-refractivity contribution in [2.24, 2.45) is 0 Å². The van der Waals surface area contributed by atoms with Gasteiger partial charge < -0.3 is 14.5 Å². The molecule has 3 nitrogen and oxygen atoms in total. The van der Waals surface area contributed by atoms with Gasteiger partial charge in [-0.2, -0.15) is 0 Å². The lowest BCUT2D eigenvalue weighted by atomic mass is 10.3. The largest absolute Gasteiger partial charge is 0.491 e. The lowest BCUT2D eigenvalue weighted by Gasteiger charge is -2.10. The Labute approximate surface area is 115 Å². The molecule has 0 radical (unpaired) electrons. The molecule has 0 unspecified atom stereocenters. The van der Waals surface area contributed by atoms with Gasteiger partial charge in [0, 0.05) is 5.69 Å². The van der Waals surface area contributed by atoms with Crippen LogP contribution in [0.15, 0.2) is 45.5 Å². The van der Waals surface area contributed by atoms with Gasteiger partial charge in [-0.1, -0.05) is 0 Å². The van der Waals surface area contributed by atoms with Gasteiger partial charge in [0.05, 0.1) is 23.4 Å². The summed E-state index contributed by atoms with van der Waals surface area (Å²) in [6, 6.07) is 9.79. The summed E-state index contributed by atoms with van der Waals surface area (Å²) < 4.78 is 11.9. The number of halogens is 1. The van der Waals surface area contributed by atoms with E-state index in [0.717, 1.165) is 21.7 Å². The minimum Gasteiger partial charge on any atom is -0.491 e. The van der Waals surface area contributed by atoms with E-state index in [1.807, 2.05) is 44.2 Å². The quantitative estimate of drug-likeness (QED) is 0.886. The average Bonchev–Trinajstić information content (AvgIpc) is 2.73. The molecule has 96 valence electrons. The van der Waals surface area contributed by atoms with Crippen molar-refractivity contribution in [2.45, 2.75) is 26.5 Å². The first-order chi connectivity index (χ1) is 8.65. The predicted octanol–water partition coefficient (Wildman–Crippen LogP) is 4.44. The van der Waals surface area contributed by atoms with Gasteiger partial charge in [-0.15, -0.1) is 0 Å². The first-order valence-corrected chi connectivity index (χ1v) is 6.67. The van der Waals surface area contributed by atoms with Crippen molar-refractivity contribution in [1.82, 2.24) is 0 Å². The molecule has 0 atom stereocenters. The molecule has 1 aromatic carbocycles. The predicted molar refractivity (Wildman–Crippen MR) is 75.9 cm³/mol. The zero-order valence-corrected chi connectivity index (χ0v) is 12.0. The highest BCUT2D eigenvalue weighted by Crippen LogP contribution is 2.20. The third-order valence-corrected chi connectivity index (χ3v) is 3.08. The Balaban J connectivity index is 1.92. The lowest BCUT2D eigenvalue weighted by Crippen LogP contribution is -2.05.